The summed E-state index contributed by atoms with van der Waals surface area (Å²) in [6, 6.07) is 0. The molecule has 2 aliphatic heterocycles. The van der Waals surface area contributed by atoms with Gasteiger partial charge in [-0.05, 0) is 79.8 Å². The SMILES string of the molecule is C#C[C@@]1(CCCB2OC(C)(C)C(C)(C)O2)CCN(C(=O)OC(C)(C)C)[C@]1(C=C)C(=S)OC. The summed E-state index contributed by atoms with van der Waals surface area (Å²) in [7, 11) is 1.18. The molecular formula is C24H38BNO5S. The average molecular weight is 463 g/mol. The number of terminal acetylenes is 1. The number of rotatable bonds is 6. The third kappa shape index (κ3) is 4.57. The van der Waals surface area contributed by atoms with Gasteiger partial charge >= 0.3 is 13.2 Å². The normalized spacial score (nSPS) is 28.8. The number of amides is 1. The molecule has 0 aliphatic carbocycles. The van der Waals surface area contributed by atoms with E-state index >= 15 is 0 Å². The van der Waals surface area contributed by atoms with Gasteiger partial charge in [-0.2, -0.15) is 0 Å². The lowest BCUT2D eigenvalue weighted by Gasteiger charge is -2.44. The zero-order valence-corrected chi connectivity index (χ0v) is 21.7. The van der Waals surface area contributed by atoms with Gasteiger partial charge in [0.25, 0.3) is 0 Å². The van der Waals surface area contributed by atoms with E-state index < -0.39 is 22.6 Å². The Morgan fingerprint density at radius 1 is 1.28 bits per heavy atom. The summed E-state index contributed by atoms with van der Waals surface area (Å²) < 4.78 is 23.4. The molecule has 0 bridgehead atoms. The molecule has 2 heterocycles. The maximum absolute atomic E-state index is 13.1. The lowest BCUT2D eigenvalue weighted by atomic mass is 9.66. The lowest BCUT2D eigenvalue weighted by molar-refractivity contribution is 0.00578. The molecule has 2 atom stereocenters. The fraction of sp³-hybridized carbons (Fsp3) is 0.750. The van der Waals surface area contributed by atoms with Crippen LogP contribution in [0.4, 0.5) is 4.79 Å². The molecule has 0 aromatic rings. The number of thiocarbonyl (C=S) groups is 1. The van der Waals surface area contributed by atoms with E-state index in [0.29, 0.717) is 25.7 Å². The van der Waals surface area contributed by atoms with Crippen molar-refractivity contribution in [2.24, 2.45) is 5.41 Å². The largest absolute Gasteiger partial charge is 0.488 e. The van der Waals surface area contributed by atoms with Crippen molar-refractivity contribution in [1.82, 2.24) is 4.90 Å². The van der Waals surface area contributed by atoms with E-state index in [0.717, 1.165) is 6.42 Å². The van der Waals surface area contributed by atoms with Crippen molar-refractivity contribution in [2.45, 2.75) is 96.4 Å². The van der Waals surface area contributed by atoms with Crippen LogP contribution in [0, 0.1) is 17.8 Å². The second-order valence-electron chi connectivity index (χ2n) is 10.6. The maximum Gasteiger partial charge on any atom is 0.457 e. The number of ether oxygens (including phenoxy) is 2. The minimum atomic E-state index is -1.15. The van der Waals surface area contributed by atoms with Gasteiger partial charge in [0.05, 0.1) is 23.7 Å². The van der Waals surface area contributed by atoms with Crippen molar-refractivity contribution in [2.75, 3.05) is 13.7 Å². The van der Waals surface area contributed by atoms with Crippen molar-refractivity contribution >= 4 is 30.5 Å². The highest BCUT2D eigenvalue weighted by Gasteiger charge is 2.62. The summed E-state index contributed by atoms with van der Waals surface area (Å²) in [6.07, 6.45) is 9.85. The first-order chi connectivity index (χ1) is 14.6. The summed E-state index contributed by atoms with van der Waals surface area (Å²) in [5.41, 5.74) is -3.35. The van der Waals surface area contributed by atoms with Gasteiger partial charge in [-0.1, -0.05) is 18.4 Å². The first kappa shape index (κ1) is 26.7. The minimum Gasteiger partial charge on any atom is -0.488 e. The molecule has 0 unspecified atom stereocenters. The van der Waals surface area contributed by atoms with E-state index in [1.54, 1.807) is 11.0 Å². The van der Waals surface area contributed by atoms with Gasteiger partial charge in [-0.15, -0.1) is 13.0 Å². The molecule has 2 fully saturated rings. The topological polar surface area (TPSA) is 57.2 Å². The Morgan fingerprint density at radius 3 is 2.28 bits per heavy atom. The van der Waals surface area contributed by atoms with Gasteiger partial charge < -0.3 is 18.8 Å². The molecule has 0 spiro atoms. The van der Waals surface area contributed by atoms with Gasteiger partial charge in [-0.3, -0.25) is 4.90 Å². The van der Waals surface area contributed by atoms with Gasteiger partial charge in [0, 0.05) is 6.54 Å². The molecule has 2 saturated heterocycles. The first-order valence-electron chi connectivity index (χ1n) is 11.2. The second kappa shape index (κ2) is 9.00. The number of hydrogen-bond acceptors (Lipinski definition) is 6. The first-order valence-corrected chi connectivity index (χ1v) is 11.6. The van der Waals surface area contributed by atoms with Crippen LogP contribution in [0.5, 0.6) is 0 Å². The summed E-state index contributed by atoms with van der Waals surface area (Å²) in [4.78, 5) is 14.7. The molecule has 8 heteroatoms. The molecule has 1 amide bonds. The van der Waals surface area contributed by atoms with Crippen molar-refractivity contribution in [1.29, 1.82) is 0 Å². The predicted molar refractivity (Wildman–Crippen MR) is 131 cm³/mol. The van der Waals surface area contributed by atoms with Crippen LogP contribution in [0.2, 0.25) is 6.32 Å². The van der Waals surface area contributed by atoms with Crippen LogP contribution < -0.4 is 0 Å². The van der Waals surface area contributed by atoms with E-state index in [1.165, 1.54) is 7.11 Å². The number of carbonyl (C=O) groups excluding carboxylic acids is 1. The average Bonchev–Trinajstić information content (AvgIpc) is 3.10. The van der Waals surface area contributed by atoms with E-state index in [4.69, 9.17) is 37.4 Å². The third-order valence-electron chi connectivity index (χ3n) is 6.95. The molecule has 0 saturated carbocycles. The van der Waals surface area contributed by atoms with Crippen molar-refractivity contribution < 1.29 is 23.6 Å². The molecule has 178 valence electrons. The van der Waals surface area contributed by atoms with Crippen LogP contribution in [-0.4, -0.2) is 59.2 Å². The molecule has 0 aromatic carbocycles. The van der Waals surface area contributed by atoms with Crippen LogP contribution in [0.25, 0.3) is 0 Å². The Hall–Kier alpha value is -1.56. The summed E-state index contributed by atoms with van der Waals surface area (Å²) in [6.45, 7) is 18.0. The van der Waals surface area contributed by atoms with E-state index in [9.17, 15) is 4.79 Å². The molecule has 6 nitrogen and oxygen atoms in total. The lowest BCUT2D eigenvalue weighted by Crippen LogP contribution is -2.60. The second-order valence-corrected chi connectivity index (χ2v) is 11.0. The number of methoxy groups -OCH3 is 1. The molecule has 0 N–H and O–H groups in total. The van der Waals surface area contributed by atoms with Crippen LogP contribution in [-0.2, 0) is 18.8 Å². The Morgan fingerprint density at radius 2 is 1.84 bits per heavy atom. The van der Waals surface area contributed by atoms with Crippen molar-refractivity contribution in [3.05, 3.63) is 12.7 Å². The number of nitrogens with zero attached hydrogens (tertiary/aromatic N) is 1. The van der Waals surface area contributed by atoms with Gasteiger partial charge in [-0.25, -0.2) is 4.79 Å². The van der Waals surface area contributed by atoms with Crippen molar-refractivity contribution in [3.8, 4) is 12.3 Å². The van der Waals surface area contributed by atoms with Crippen LogP contribution in [0.15, 0.2) is 12.7 Å². The minimum absolute atomic E-state index is 0.212. The van der Waals surface area contributed by atoms with E-state index in [1.807, 2.05) is 48.5 Å². The Labute approximate surface area is 199 Å². The van der Waals surface area contributed by atoms with Crippen molar-refractivity contribution in [3.63, 3.8) is 0 Å². The van der Waals surface area contributed by atoms with E-state index in [-0.39, 0.29) is 23.4 Å². The zero-order chi connectivity index (χ0) is 24.6. The molecule has 32 heavy (non-hydrogen) atoms. The summed E-state index contributed by atoms with van der Waals surface area (Å²) >= 11 is 5.61. The highest BCUT2D eigenvalue weighted by molar-refractivity contribution is 7.80. The molecule has 0 radical (unpaired) electrons. The molecular weight excluding hydrogens is 425 g/mol. The van der Waals surface area contributed by atoms with Gasteiger partial charge in [0.15, 0.2) is 5.05 Å². The van der Waals surface area contributed by atoms with Gasteiger partial charge in [0.1, 0.15) is 11.1 Å². The van der Waals surface area contributed by atoms with E-state index in [2.05, 4.69) is 12.5 Å². The Balaban J connectivity index is 2.28. The number of likely N-dealkylation sites (tertiary alicyclic amines) is 1. The van der Waals surface area contributed by atoms with Gasteiger partial charge in [0.2, 0.25) is 0 Å². The molecule has 2 rings (SSSR count). The Kier molecular flexibility index (Phi) is 7.51. The zero-order valence-electron chi connectivity index (χ0n) is 20.9. The fourth-order valence-electron chi connectivity index (χ4n) is 4.55. The monoisotopic (exact) mass is 463 g/mol. The smallest absolute Gasteiger partial charge is 0.457 e. The summed E-state index contributed by atoms with van der Waals surface area (Å²) in [5.74, 6) is 2.97. The number of carbonyl (C=O) groups is 1. The quantitative estimate of drug-likeness (QED) is 0.239. The third-order valence-corrected chi connectivity index (χ3v) is 7.42. The fourth-order valence-corrected chi connectivity index (χ4v) is 4.94. The number of hydrogen-bond donors (Lipinski definition) is 0. The molecule has 2 aliphatic rings. The standard InChI is InChI=1S/C24H38BNO5S/c1-11-23(14-13-16-25-30-21(6,7)22(8,9)31-25)15-17-26(19(27)29-20(3,4)5)24(23,12-2)18(32)28-10/h1,12H,2,13-17H2,3-10H3/t23-,24-/m1/s1. The highest BCUT2D eigenvalue weighted by atomic mass is 32.1. The van der Waals surface area contributed by atoms with Crippen LogP contribution >= 0.6 is 12.2 Å². The summed E-state index contributed by atoms with van der Waals surface area (Å²) in [5, 5.41) is 0.212. The maximum atomic E-state index is 13.1. The molecule has 0 aromatic heterocycles. The highest BCUT2D eigenvalue weighted by Crippen LogP contribution is 2.51. The predicted octanol–water partition coefficient (Wildman–Crippen LogP) is 5.02. The Bertz CT molecular complexity index is 783. The van der Waals surface area contributed by atoms with Crippen LogP contribution in [0.1, 0.15) is 67.7 Å². The van der Waals surface area contributed by atoms with Crippen LogP contribution in [0.3, 0.4) is 0 Å².